The van der Waals surface area contributed by atoms with Gasteiger partial charge in [-0.3, -0.25) is 9.78 Å². The second kappa shape index (κ2) is 6.35. The predicted molar refractivity (Wildman–Crippen MR) is 85.4 cm³/mol. The Bertz CT molecular complexity index is 632. The van der Waals surface area contributed by atoms with E-state index in [9.17, 15) is 4.79 Å². The Kier molecular flexibility index (Phi) is 4.30. The first-order valence-electron chi connectivity index (χ1n) is 7.83. The van der Waals surface area contributed by atoms with Crippen molar-refractivity contribution in [1.29, 1.82) is 0 Å². The van der Waals surface area contributed by atoms with Crippen LogP contribution in [0.15, 0.2) is 36.5 Å². The van der Waals surface area contributed by atoms with E-state index in [1.807, 2.05) is 30.3 Å². The summed E-state index contributed by atoms with van der Waals surface area (Å²) in [6.07, 6.45) is 4.86. The normalized spacial score (nSPS) is 20.3. The fraction of sp³-hybridized carbons (Fsp3) is 0.444. The third kappa shape index (κ3) is 3.30. The fourth-order valence-corrected chi connectivity index (χ4v) is 3.18. The Morgan fingerprint density at radius 2 is 2.33 bits per heavy atom. The summed E-state index contributed by atoms with van der Waals surface area (Å²) in [6, 6.07) is 9.78. The number of hydrogen-bond acceptors (Lipinski definition) is 3. The molecule has 3 rings (SSSR count). The van der Waals surface area contributed by atoms with E-state index in [0.29, 0.717) is 18.3 Å². The molecule has 1 aliphatic rings. The number of aromatic nitrogens is 1. The van der Waals surface area contributed by atoms with Crippen molar-refractivity contribution in [1.82, 2.24) is 10.3 Å². The molecule has 2 unspecified atom stereocenters. The summed E-state index contributed by atoms with van der Waals surface area (Å²) in [5.41, 5.74) is 1.69. The molecule has 0 spiro atoms. The van der Waals surface area contributed by atoms with E-state index in [1.54, 1.807) is 6.20 Å². The van der Waals surface area contributed by atoms with Crippen LogP contribution in [0.1, 0.15) is 36.5 Å². The highest BCUT2D eigenvalue weighted by Gasteiger charge is 2.22. The van der Waals surface area contributed by atoms with Crippen molar-refractivity contribution < 1.29 is 4.79 Å². The molecule has 3 heteroatoms. The lowest BCUT2D eigenvalue weighted by molar-refractivity contribution is 0.0943. The van der Waals surface area contributed by atoms with Gasteiger partial charge in [-0.1, -0.05) is 25.1 Å². The zero-order chi connectivity index (χ0) is 14.7. The van der Waals surface area contributed by atoms with E-state index in [4.69, 9.17) is 0 Å². The molecular weight excluding hydrogens is 260 g/mol. The predicted octanol–water partition coefficient (Wildman–Crippen LogP) is 3.44. The molecule has 110 valence electrons. The van der Waals surface area contributed by atoms with Crippen molar-refractivity contribution in [3.8, 4) is 0 Å². The molecule has 0 aliphatic carbocycles. The van der Waals surface area contributed by atoms with Crippen molar-refractivity contribution in [2.24, 2.45) is 11.8 Å². The van der Waals surface area contributed by atoms with Crippen LogP contribution in [0.4, 0.5) is 0 Å². The molecule has 2 atom stereocenters. The van der Waals surface area contributed by atoms with Crippen LogP contribution >= 0.6 is 0 Å². The lowest BCUT2D eigenvalue weighted by Gasteiger charge is -2.28. The SMILES string of the molecule is CC(CC(=O)c1ccc2cccnc2c1)C1CCCNC1. The highest BCUT2D eigenvalue weighted by Crippen LogP contribution is 2.24. The largest absolute Gasteiger partial charge is 0.316 e. The number of hydrogen-bond donors (Lipinski definition) is 1. The first-order chi connectivity index (χ1) is 10.2. The summed E-state index contributed by atoms with van der Waals surface area (Å²) >= 11 is 0. The van der Waals surface area contributed by atoms with E-state index < -0.39 is 0 Å². The number of Topliss-reactive ketones (excluding diaryl/α,β-unsaturated/α-hetero) is 1. The number of benzene rings is 1. The number of carbonyl (C=O) groups is 1. The lowest BCUT2D eigenvalue weighted by Crippen LogP contribution is -2.34. The summed E-state index contributed by atoms with van der Waals surface area (Å²) in [5, 5.41) is 4.51. The third-order valence-electron chi connectivity index (χ3n) is 4.57. The summed E-state index contributed by atoms with van der Waals surface area (Å²) in [4.78, 5) is 16.8. The number of carbonyl (C=O) groups excluding carboxylic acids is 1. The molecule has 0 bridgehead atoms. The minimum atomic E-state index is 0.237. The van der Waals surface area contributed by atoms with Gasteiger partial charge in [0, 0.05) is 23.6 Å². The van der Waals surface area contributed by atoms with Crippen LogP contribution in [0, 0.1) is 11.8 Å². The van der Waals surface area contributed by atoms with Crippen LogP contribution in [0.25, 0.3) is 10.9 Å². The Morgan fingerprint density at radius 3 is 3.14 bits per heavy atom. The third-order valence-corrected chi connectivity index (χ3v) is 4.57. The Balaban J connectivity index is 1.71. The molecule has 1 aliphatic heterocycles. The highest BCUT2D eigenvalue weighted by molar-refractivity contribution is 5.99. The van der Waals surface area contributed by atoms with Gasteiger partial charge in [0.25, 0.3) is 0 Å². The number of fused-ring (bicyclic) bond motifs is 1. The molecule has 1 fully saturated rings. The van der Waals surface area contributed by atoms with Gasteiger partial charge in [-0.2, -0.15) is 0 Å². The van der Waals surface area contributed by atoms with Crippen molar-refractivity contribution in [2.75, 3.05) is 13.1 Å². The number of nitrogens with zero attached hydrogens (tertiary/aromatic N) is 1. The van der Waals surface area contributed by atoms with E-state index in [0.717, 1.165) is 29.6 Å². The van der Waals surface area contributed by atoms with Gasteiger partial charge in [0.15, 0.2) is 5.78 Å². The van der Waals surface area contributed by atoms with E-state index in [-0.39, 0.29) is 5.78 Å². The second-order valence-electron chi connectivity index (χ2n) is 6.12. The Morgan fingerprint density at radius 1 is 1.43 bits per heavy atom. The van der Waals surface area contributed by atoms with E-state index >= 15 is 0 Å². The molecular formula is C18H22N2O. The van der Waals surface area contributed by atoms with E-state index in [1.165, 1.54) is 12.8 Å². The molecule has 21 heavy (non-hydrogen) atoms. The van der Waals surface area contributed by atoms with Crippen LogP contribution in [-0.4, -0.2) is 23.9 Å². The van der Waals surface area contributed by atoms with Crippen LogP contribution in [0.2, 0.25) is 0 Å². The molecule has 2 aromatic rings. The number of rotatable bonds is 4. The minimum Gasteiger partial charge on any atom is -0.316 e. The standard InChI is InChI=1S/C18H22N2O/c1-13(16-5-2-8-19-12-16)10-18(21)15-7-6-14-4-3-9-20-17(14)11-15/h3-4,6-7,9,11,13,16,19H,2,5,8,10,12H2,1H3. The quantitative estimate of drug-likeness (QED) is 0.873. The van der Waals surface area contributed by atoms with Crippen molar-refractivity contribution in [3.63, 3.8) is 0 Å². The monoisotopic (exact) mass is 282 g/mol. The van der Waals surface area contributed by atoms with E-state index in [2.05, 4.69) is 17.2 Å². The Hall–Kier alpha value is -1.74. The summed E-state index contributed by atoms with van der Waals surface area (Å²) in [7, 11) is 0. The molecule has 3 nitrogen and oxygen atoms in total. The van der Waals surface area contributed by atoms with Gasteiger partial charge >= 0.3 is 0 Å². The van der Waals surface area contributed by atoms with Gasteiger partial charge < -0.3 is 5.32 Å². The van der Waals surface area contributed by atoms with Crippen LogP contribution in [0.3, 0.4) is 0 Å². The summed E-state index contributed by atoms with van der Waals surface area (Å²) < 4.78 is 0. The molecule has 1 saturated heterocycles. The topological polar surface area (TPSA) is 42.0 Å². The van der Waals surface area contributed by atoms with Gasteiger partial charge in [-0.15, -0.1) is 0 Å². The van der Waals surface area contributed by atoms with Crippen LogP contribution in [0.5, 0.6) is 0 Å². The number of piperidine rings is 1. The van der Waals surface area contributed by atoms with Crippen LogP contribution in [-0.2, 0) is 0 Å². The minimum absolute atomic E-state index is 0.237. The van der Waals surface area contributed by atoms with Crippen LogP contribution < -0.4 is 5.32 Å². The number of nitrogens with one attached hydrogen (secondary N) is 1. The fourth-order valence-electron chi connectivity index (χ4n) is 3.18. The van der Waals surface area contributed by atoms with Gasteiger partial charge in [0.05, 0.1) is 5.52 Å². The highest BCUT2D eigenvalue weighted by atomic mass is 16.1. The lowest BCUT2D eigenvalue weighted by atomic mass is 9.83. The first-order valence-corrected chi connectivity index (χ1v) is 7.83. The molecule has 1 aromatic carbocycles. The average molecular weight is 282 g/mol. The maximum absolute atomic E-state index is 12.5. The average Bonchev–Trinajstić information content (AvgIpc) is 2.55. The van der Waals surface area contributed by atoms with Gasteiger partial charge in [0.2, 0.25) is 0 Å². The number of pyridine rings is 1. The first kappa shape index (κ1) is 14.2. The molecule has 0 amide bonds. The second-order valence-corrected chi connectivity index (χ2v) is 6.12. The van der Waals surface area contributed by atoms with Gasteiger partial charge in [-0.05, 0) is 49.9 Å². The zero-order valence-electron chi connectivity index (χ0n) is 12.5. The summed E-state index contributed by atoms with van der Waals surface area (Å²) in [6.45, 7) is 4.37. The van der Waals surface area contributed by atoms with Gasteiger partial charge in [-0.25, -0.2) is 0 Å². The summed E-state index contributed by atoms with van der Waals surface area (Å²) in [5.74, 6) is 1.30. The Labute approximate surface area is 125 Å². The molecule has 0 saturated carbocycles. The zero-order valence-corrected chi connectivity index (χ0v) is 12.5. The van der Waals surface area contributed by atoms with Crippen molar-refractivity contribution >= 4 is 16.7 Å². The van der Waals surface area contributed by atoms with Crippen molar-refractivity contribution in [3.05, 3.63) is 42.1 Å². The molecule has 1 N–H and O–H groups in total. The number of ketones is 1. The maximum atomic E-state index is 12.5. The van der Waals surface area contributed by atoms with Gasteiger partial charge in [0.1, 0.15) is 0 Å². The smallest absolute Gasteiger partial charge is 0.163 e. The van der Waals surface area contributed by atoms with Crippen molar-refractivity contribution in [2.45, 2.75) is 26.2 Å². The molecule has 0 radical (unpaired) electrons. The molecule has 2 heterocycles. The maximum Gasteiger partial charge on any atom is 0.163 e. The molecule has 1 aromatic heterocycles.